The minimum atomic E-state index is -0.644. The topological polar surface area (TPSA) is 104 Å². The molecule has 0 unspecified atom stereocenters. The first kappa shape index (κ1) is 19.0. The molecule has 2 heterocycles. The lowest BCUT2D eigenvalue weighted by Crippen LogP contribution is -2.41. The van der Waals surface area contributed by atoms with Crippen LogP contribution in [0.4, 0.5) is 0 Å². The Hall–Kier alpha value is -2.37. The molecule has 1 aromatic rings. The number of aromatic nitrogens is 1. The summed E-state index contributed by atoms with van der Waals surface area (Å²) in [7, 11) is -0.644. The highest BCUT2D eigenvalue weighted by Gasteiger charge is 2.52. The Morgan fingerprint density at radius 3 is 2.48 bits per heavy atom. The molecule has 8 heteroatoms. The number of rotatable bonds is 4. The lowest BCUT2D eigenvalue weighted by molar-refractivity contribution is -0.118. The van der Waals surface area contributed by atoms with E-state index in [9.17, 15) is 9.59 Å². The van der Waals surface area contributed by atoms with Crippen LogP contribution in [0.2, 0.25) is 0 Å². The summed E-state index contributed by atoms with van der Waals surface area (Å²) in [6, 6.07) is 3.33. The second kappa shape index (κ2) is 6.86. The number of nitrogens with zero attached hydrogens (tertiary/aromatic N) is 1. The third-order valence-electron chi connectivity index (χ3n) is 4.50. The summed E-state index contributed by atoms with van der Waals surface area (Å²) in [5, 5.41) is 11.7. The van der Waals surface area contributed by atoms with Gasteiger partial charge in [-0.05, 0) is 44.8 Å². The molecule has 132 valence electrons. The van der Waals surface area contributed by atoms with Crippen LogP contribution in [0.3, 0.4) is 0 Å². The maximum atomic E-state index is 11.5. The molecule has 0 radical (unpaired) electrons. The number of H-pyrrole nitrogens is 1. The lowest BCUT2D eigenvalue weighted by atomic mass is 9.77. The molecule has 2 N–H and O–H groups in total. The largest absolute Gasteiger partial charge is 0.492 e. The highest BCUT2D eigenvalue weighted by Crippen LogP contribution is 2.38. The van der Waals surface area contributed by atoms with E-state index in [0.29, 0.717) is 11.0 Å². The van der Waals surface area contributed by atoms with Gasteiger partial charge in [-0.25, -0.2) is 0 Å². The van der Waals surface area contributed by atoms with Crippen LogP contribution in [0.5, 0.6) is 0 Å². The van der Waals surface area contributed by atoms with Gasteiger partial charge in [-0.15, -0.1) is 0 Å². The average Bonchev–Trinajstić information content (AvgIpc) is 2.73. The molecule has 25 heavy (non-hydrogen) atoms. The van der Waals surface area contributed by atoms with E-state index < -0.39 is 23.9 Å². The molecule has 7 nitrogen and oxygen atoms in total. The number of carbonyl (C=O) groups excluding carboxylic acids is 1. The van der Waals surface area contributed by atoms with Crippen LogP contribution in [0.25, 0.3) is 6.08 Å². The number of nitriles is 1. The molecule has 0 aliphatic carbocycles. The maximum absolute atomic E-state index is 11.5. The number of hydrogen-bond acceptors (Lipinski definition) is 5. The van der Waals surface area contributed by atoms with Crippen molar-refractivity contribution >= 4 is 19.1 Å². The molecule has 0 spiro atoms. The van der Waals surface area contributed by atoms with Gasteiger partial charge < -0.3 is 19.6 Å². The summed E-state index contributed by atoms with van der Waals surface area (Å²) in [5.41, 5.74) is -0.165. The molecule has 1 aromatic heterocycles. The van der Waals surface area contributed by atoms with Crippen molar-refractivity contribution in [3.8, 4) is 6.07 Å². The fourth-order valence-corrected chi connectivity index (χ4v) is 2.30. The van der Waals surface area contributed by atoms with Crippen LogP contribution in [0.1, 0.15) is 45.7 Å². The Morgan fingerprint density at radius 2 is 1.96 bits per heavy atom. The highest BCUT2D eigenvalue weighted by atomic mass is 16.7. The number of pyridine rings is 1. The Kier molecular flexibility index (Phi) is 5.21. The van der Waals surface area contributed by atoms with Crippen LogP contribution in [0.15, 0.2) is 22.5 Å². The average molecular weight is 343 g/mol. The van der Waals surface area contributed by atoms with Gasteiger partial charge in [0.15, 0.2) is 0 Å². The van der Waals surface area contributed by atoms with Gasteiger partial charge in [-0.1, -0.05) is 6.08 Å². The van der Waals surface area contributed by atoms with E-state index in [-0.39, 0.29) is 18.0 Å². The van der Waals surface area contributed by atoms with Crippen LogP contribution < -0.4 is 10.9 Å². The predicted molar refractivity (Wildman–Crippen MR) is 94.5 cm³/mol. The number of amides is 1. The molecular formula is C17H22BN3O4. The van der Waals surface area contributed by atoms with Crippen molar-refractivity contribution < 1.29 is 14.1 Å². The molecule has 0 saturated carbocycles. The van der Waals surface area contributed by atoms with Crippen molar-refractivity contribution in [1.82, 2.24) is 10.3 Å². The van der Waals surface area contributed by atoms with E-state index in [2.05, 4.69) is 10.3 Å². The van der Waals surface area contributed by atoms with E-state index in [1.807, 2.05) is 33.8 Å². The number of carbonyl (C=O) groups is 1. The van der Waals surface area contributed by atoms with E-state index in [1.54, 1.807) is 6.08 Å². The van der Waals surface area contributed by atoms with Crippen molar-refractivity contribution in [2.45, 2.75) is 45.8 Å². The van der Waals surface area contributed by atoms with Crippen LogP contribution >= 0.6 is 0 Å². The fourth-order valence-electron chi connectivity index (χ4n) is 2.30. The van der Waals surface area contributed by atoms with E-state index in [1.165, 1.54) is 19.2 Å². The summed E-state index contributed by atoms with van der Waals surface area (Å²) in [4.78, 5) is 25.4. The van der Waals surface area contributed by atoms with Gasteiger partial charge in [0.1, 0.15) is 11.6 Å². The lowest BCUT2D eigenvalue weighted by Gasteiger charge is -2.32. The van der Waals surface area contributed by atoms with Crippen molar-refractivity contribution in [3.05, 3.63) is 39.2 Å². The SMILES string of the molecule is CC(=O)NCC(=Cc1c[nH]c(=O)c(C#N)c1)B1OC(C)(C)C(C)(C)O1. The molecule has 1 amide bonds. The zero-order chi connectivity index (χ0) is 18.8. The smallest absolute Gasteiger partial charge is 0.400 e. The Labute approximate surface area is 147 Å². The van der Waals surface area contributed by atoms with Crippen LogP contribution in [-0.2, 0) is 14.1 Å². The first-order valence-electron chi connectivity index (χ1n) is 7.99. The van der Waals surface area contributed by atoms with Crippen molar-refractivity contribution in [3.63, 3.8) is 0 Å². The summed E-state index contributed by atoms with van der Waals surface area (Å²) in [6.45, 7) is 9.42. The standard InChI is InChI=1S/C17H22BN3O4/c1-11(22)20-10-14(18-24-16(2,3)17(4,5)25-18)7-12-6-13(8-19)15(23)21-9-12/h6-7,9H,10H2,1-5H3,(H,20,22)(H,21,23). The second-order valence-corrected chi connectivity index (χ2v) is 7.00. The van der Waals surface area contributed by atoms with Gasteiger partial charge >= 0.3 is 7.12 Å². The van der Waals surface area contributed by atoms with Crippen molar-refractivity contribution in [1.29, 1.82) is 5.26 Å². The number of aromatic amines is 1. The minimum absolute atomic E-state index is 0.0153. The summed E-state index contributed by atoms with van der Waals surface area (Å²) in [6.07, 6.45) is 3.25. The van der Waals surface area contributed by atoms with Gasteiger partial charge in [0.2, 0.25) is 5.91 Å². The van der Waals surface area contributed by atoms with Crippen molar-refractivity contribution in [2.24, 2.45) is 0 Å². The Bertz CT molecular complexity index is 789. The molecule has 2 rings (SSSR count). The van der Waals surface area contributed by atoms with Gasteiger partial charge in [0, 0.05) is 19.7 Å². The molecule has 1 aliphatic heterocycles. The third kappa shape index (κ3) is 4.19. The second-order valence-electron chi connectivity index (χ2n) is 7.00. The Balaban J connectivity index is 2.38. The normalized spacial score (nSPS) is 18.7. The molecule has 0 atom stereocenters. The molecule has 1 fully saturated rings. The predicted octanol–water partition coefficient (Wildman–Crippen LogP) is 1.40. The number of hydrogen-bond donors (Lipinski definition) is 2. The number of nitrogens with one attached hydrogen (secondary N) is 2. The van der Waals surface area contributed by atoms with E-state index >= 15 is 0 Å². The van der Waals surface area contributed by atoms with Crippen LogP contribution in [0, 0.1) is 11.3 Å². The zero-order valence-corrected chi connectivity index (χ0v) is 15.1. The van der Waals surface area contributed by atoms with Gasteiger partial charge in [0.25, 0.3) is 5.56 Å². The van der Waals surface area contributed by atoms with E-state index in [4.69, 9.17) is 14.6 Å². The quantitative estimate of drug-likeness (QED) is 0.804. The first-order valence-corrected chi connectivity index (χ1v) is 7.99. The van der Waals surface area contributed by atoms with E-state index in [0.717, 1.165) is 0 Å². The monoisotopic (exact) mass is 343 g/mol. The minimum Gasteiger partial charge on any atom is -0.400 e. The molecule has 1 aliphatic rings. The molecule has 0 aromatic carbocycles. The third-order valence-corrected chi connectivity index (χ3v) is 4.50. The summed E-state index contributed by atoms with van der Waals surface area (Å²) < 4.78 is 12.1. The van der Waals surface area contributed by atoms with Gasteiger partial charge in [-0.2, -0.15) is 5.26 Å². The Morgan fingerprint density at radius 1 is 1.36 bits per heavy atom. The summed E-state index contributed by atoms with van der Waals surface area (Å²) in [5.74, 6) is -0.179. The first-order chi connectivity index (χ1) is 11.6. The molecular weight excluding hydrogens is 321 g/mol. The molecule has 1 saturated heterocycles. The maximum Gasteiger partial charge on any atom is 0.492 e. The highest BCUT2D eigenvalue weighted by molar-refractivity contribution is 6.56. The van der Waals surface area contributed by atoms with Gasteiger partial charge in [-0.3, -0.25) is 9.59 Å². The zero-order valence-electron chi connectivity index (χ0n) is 15.1. The van der Waals surface area contributed by atoms with Gasteiger partial charge in [0.05, 0.1) is 11.2 Å². The summed E-state index contributed by atoms with van der Waals surface area (Å²) >= 11 is 0. The fraction of sp³-hybridized carbons (Fsp3) is 0.471. The molecule has 0 bridgehead atoms. The van der Waals surface area contributed by atoms with Crippen molar-refractivity contribution in [2.75, 3.05) is 6.54 Å². The van der Waals surface area contributed by atoms with Crippen LogP contribution in [-0.4, -0.2) is 35.8 Å².